The Hall–Kier alpha value is -1.13. The Bertz CT molecular complexity index is 420. The van der Waals surface area contributed by atoms with Crippen LogP contribution in [0.15, 0.2) is 30.3 Å². The maximum Gasteiger partial charge on any atom is 0.173 e. The van der Waals surface area contributed by atoms with Gasteiger partial charge in [0.15, 0.2) is 5.11 Å². The zero-order valence-corrected chi connectivity index (χ0v) is 11.3. The first-order chi connectivity index (χ1) is 8.83. The van der Waals surface area contributed by atoms with Crippen LogP contribution in [0.2, 0.25) is 0 Å². The molecule has 1 N–H and O–H groups in total. The predicted molar refractivity (Wildman–Crippen MR) is 78.8 cm³/mol. The number of nitrogens with one attached hydrogen (secondary N) is 1. The topological polar surface area (TPSA) is 18.5 Å². The first kappa shape index (κ1) is 11.9. The van der Waals surface area contributed by atoms with Gasteiger partial charge in [-0.25, -0.2) is 0 Å². The van der Waals surface area contributed by atoms with Gasteiger partial charge in [0.25, 0.3) is 0 Å². The molecule has 2 heterocycles. The van der Waals surface area contributed by atoms with Crippen LogP contribution in [-0.2, 0) is 0 Å². The monoisotopic (exact) mass is 261 g/mol. The van der Waals surface area contributed by atoms with E-state index in [1.165, 1.54) is 19.4 Å². The molecule has 0 radical (unpaired) electrons. The number of para-hydroxylation sites is 1. The smallest absolute Gasteiger partial charge is 0.173 e. The summed E-state index contributed by atoms with van der Waals surface area (Å²) in [6.07, 6.45) is 2.67. The molecule has 4 heteroatoms. The van der Waals surface area contributed by atoms with Crippen LogP contribution in [0.25, 0.3) is 0 Å². The van der Waals surface area contributed by atoms with Crippen molar-refractivity contribution < 1.29 is 0 Å². The van der Waals surface area contributed by atoms with Crippen molar-refractivity contribution in [2.45, 2.75) is 18.9 Å². The van der Waals surface area contributed by atoms with E-state index in [1.807, 2.05) is 18.2 Å². The summed E-state index contributed by atoms with van der Waals surface area (Å²) in [7, 11) is 0. The summed E-state index contributed by atoms with van der Waals surface area (Å²) in [6.45, 7) is 4.56. The Kier molecular flexibility index (Phi) is 3.48. The number of fused-ring (bicyclic) bond motifs is 1. The first-order valence-electron chi connectivity index (χ1n) is 6.68. The molecule has 1 aromatic rings. The molecule has 0 aliphatic carbocycles. The van der Waals surface area contributed by atoms with Crippen LogP contribution < -0.4 is 5.32 Å². The third-order valence-electron chi connectivity index (χ3n) is 3.90. The Balaban J connectivity index is 1.60. The van der Waals surface area contributed by atoms with Crippen LogP contribution in [0.4, 0.5) is 5.69 Å². The minimum Gasteiger partial charge on any atom is -0.346 e. The van der Waals surface area contributed by atoms with E-state index in [2.05, 4.69) is 27.2 Å². The maximum absolute atomic E-state index is 5.51. The second-order valence-electron chi connectivity index (χ2n) is 5.07. The number of rotatable bonds is 1. The molecule has 0 saturated carbocycles. The van der Waals surface area contributed by atoms with E-state index in [0.717, 1.165) is 30.4 Å². The molecule has 1 aromatic carbocycles. The van der Waals surface area contributed by atoms with Crippen molar-refractivity contribution in [1.29, 1.82) is 0 Å². The van der Waals surface area contributed by atoms with Crippen molar-refractivity contribution in [2.75, 3.05) is 31.5 Å². The van der Waals surface area contributed by atoms with Crippen LogP contribution in [-0.4, -0.2) is 47.1 Å². The van der Waals surface area contributed by atoms with Crippen molar-refractivity contribution in [3.63, 3.8) is 0 Å². The molecule has 0 bridgehead atoms. The number of piperazine rings is 1. The highest BCUT2D eigenvalue weighted by atomic mass is 32.1. The lowest BCUT2D eigenvalue weighted by atomic mass is 10.2. The van der Waals surface area contributed by atoms with Crippen LogP contribution in [0.1, 0.15) is 12.8 Å². The molecule has 1 atom stereocenters. The van der Waals surface area contributed by atoms with Crippen LogP contribution >= 0.6 is 12.2 Å². The molecule has 0 unspecified atom stereocenters. The lowest BCUT2D eigenvalue weighted by molar-refractivity contribution is 0.153. The van der Waals surface area contributed by atoms with Crippen molar-refractivity contribution in [3.8, 4) is 0 Å². The molecule has 0 amide bonds. The molecule has 0 spiro atoms. The highest BCUT2D eigenvalue weighted by Gasteiger charge is 2.31. The fourth-order valence-electron chi connectivity index (χ4n) is 2.90. The molecule has 2 aliphatic rings. The summed E-state index contributed by atoms with van der Waals surface area (Å²) in [5.41, 5.74) is 1.08. The highest BCUT2D eigenvalue weighted by Crippen LogP contribution is 2.22. The Morgan fingerprint density at radius 3 is 2.83 bits per heavy atom. The predicted octanol–water partition coefficient (Wildman–Crippen LogP) is 2.16. The van der Waals surface area contributed by atoms with E-state index in [9.17, 15) is 0 Å². The minimum absolute atomic E-state index is 0.717. The van der Waals surface area contributed by atoms with Crippen LogP contribution in [0.3, 0.4) is 0 Å². The SMILES string of the molecule is S=C(Nc1ccccc1)N1CCN2CCC[C@@H]2C1. The number of benzene rings is 1. The van der Waals surface area contributed by atoms with Gasteiger partial charge in [-0.2, -0.15) is 0 Å². The van der Waals surface area contributed by atoms with E-state index in [1.54, 1.807) is 0 Å². The van der Waals surface area contributed by atoms with E-state index >= 15 is 0 Å². The first-order valence-corrected chi connectivity index (χ1v) is 7.09. The second kappa shape index (κ2) is 5.24. The molecule has 0 aromatic heterocycles. The van der Waals surface area contributed by atoms with Crippen LogP contribution in [0.5, 0.6) is 0 Å². The van der Waals surface area contributed by atoms with Crippen molar-refractivity contribution in [1.82, 2.24) is 9.80 Å². The van der Waals surface area contributed by atoms with Crippen molar-refractivity contribution in [2.24, 2.45) is 0 Å². The van der Waals surface area contributed by atoms with E-state index in [-0.39, 0.29) is 0 Å². The van der Waals surface area contributed by atoms with Gasteiger partial charge in [0.1, 0.15) is 0 Å². The molecule has 2 aliphatic heterocycles. The molecule has 2 fully saturated rings. The molecule has 96 valence electrons. The molecular weight excluding hydrogens is 242 g/mol. The average Bonchev–Trinajstić information content (AvgIpc) is 2.87. The number of thiocarbonyl (C=S) groups is 1. The van der Waals surface area contributed by atoms with Gasteiger partial charge in [0.05, 0.1) is 0 Å². The summed E-state index contributed by atoms with van der Waals surface area (Å²) in [5.74, 6) is 0. The largest absolute Gasteiger partial charge is 0.346 e. The molecule has 3 rings (SSSR count). The zero-order chi connectivity index (χ0) is 12.4. The van der Waals surface area contributed by atoms with E-state index in [4.69, 9.17) is 12.2 Å². The fourth-order valence-corrected chi connectivity index (χ4v) is 3.18. The normalized spacial score (nSPS) is 23.8. The van der Waals surface area contributed by atoms with Gasteiger partial charge < -0.3 is 10.2 Å². The molecule has 18 heavy (non-hydrogen) atoms. The number of hydrogen-bond donors (Lipinski definition) is 1. The fraction of sp³-hybridized carbons (Fsp3) is 0.500. The van der Waals surface area contributed by atoms with Gasteiger partial charge in [-0.05, 0) is 43.7 Å². The van der Waals surface area contributed by atoms with Crippen LogP contribution in [0, 0.1) is 0 Å². The molecule has 3 nitrogen and oxygen atoms in total. The Morgan fingerprint density at radius 1 is 1.17 bits per heavy atom. The summed E-state index contributed by atoms with van der Waals surface area (Å²) in [6, 6.07) is 10.9. The Labute approximate surface area is 114 Å². The second-order valence-corrected chi connectivity index (χ2v) is 5.46. The average molecular weight is 261 g/mol. The molecule has 2 saturated heterocycles. The summed E-state index contributed by atoms with van der Waals surface area (Å²) in [4.78, 5) is 4.91. The third kappa shape index (κ3) is 2.49. The third-order valence-corrected chi connectivity index (χ3v) is 4.26. The minimum atomic E-state index is 0.717. The van der Waals surface area contributed by atoms with Gasteiger partial charge in [0, 0.05) is 31.4 Å². The lowest BCUT2D eigenvalue weighted by Gasteiger charge is -2.38. The van der Waals surface area contributed by atoms with Crippen molar-refractivity contribution in [3.05, 3.63) is 30.3 Å². The van der Waals surface area contributed by atoms with Crippen molar-refractivity contribution >= 4 is 23.0 Å². The quantitative estimate of drug-likeness (QED) is 0.781. The standard InChI is InChI=1S/C14H19N3S/c18-14(15-12-5-2-1-3-6-12)17-10-9-16-8-4-7-13(16)11-17/h1-3,5-6,13H,4,7-11H2,(H,15,18)/t13-/m1/s1. The van der Waals surface area contributed by atoms with E-state index in [0.29, 0.717) is 6.04 Å². The van der Waals surface area contributed by atoms with Gasteiger partial charge in [-0.15, -0.1) is 0 Å². The maximum atomic E-state index is 5.51. The Morgan fingerprint density at radius 2 is 2.00 bits per heavy atom. The number of anilines is 1. The number of hydrogen-bond acceptors (Lipinski definition) is 2. The lowest BCUT2D eigenvalue weighted by Crippen LogP contribution is -2.53. The summed E-state index contributed by atoms with van der Waals surface area (Å²) >= 11 is 5.51. The van der Waals surface area contributed by atoms with Gasteiger partial charge in [-0.3, -0.25) is 4.90 Å². The van der Waals surface area contributed by atoms with E-state index < -0.39 is 0 Å². The summed E-state index contributed by atoms with van der Waals surface area (Å²) in [5, 5.41) is 4.20. The number of nitrogens with zero attached hydrogens (tertiary/aromatic N) is 2. The molecular formula is C14H19N3S. The highest BCUT2D eigenvalue weighted by molar-refractivity contribution is 7.80. The van der Waals surface area contributed by atoms with Gasteiger partial charge in [-0.1, -0.05) is 18.2 Å². The van der Waals surface area contributed by atoms with Gasteiger partial charge >= 0.3 is 0 Å². The van der Waals surface area contributed by atoms with Gasteiger partial charge in [0.2, 0.25) is 0 Å². The zero-order valence-electron chi connectivity index (χ0n) is 10.5. The summed E-state index contributed by atoms with van der Waals surface area (Å²) < 4.78 is 0.